The number of anilines is 1. The summed E-state index contributed by atoms with van der Waals surface area (Å²) in [6.07, 6.45) is -1.61. The van der Waals surface area contributed by atoms with Gasteiger partial charge in [0.1, 0.15) is 18.0 Å². The summed E-state index contributed by atoms with van der Waals surface area (Å²) in [6, 6.07) is 16.9. The maximum absolute atomic E-state index is 14.2. The van der Waals surface area contributed by atoms with E-state index in [-0.39, 0.29) is 24.3 Å². The van der Waals surface area contributed by atoms with E-state index in [1.54, 1.807) is 47.4 Å². The zero-order chi connectivity index (χ0) is 31.1. The summed E-state index contributed by atoms with van der Waals surface area (Å²) in [5, 5.41) is 3.19. The van der Waals surface area contributed by atoms with Crippen molar-refractivity contribution >= 4 is 29.1 Å². The number of halogens is 2. The molecule has 3 aromatic carbocycles. The number of fused-ring (bicyclic) bond motifs is 1. The normalized spacial score (nSPS) is 16.8. The molecular weight excluding hydrogens is 573 g/mol. The van der Waals surface area contributed by atoms with E-state index in [1.807, 2.05) is 32.9 Å². The zero-order valence-electron chi connectivity index (χ0n) is 25.0. The van der Waals surface area contributed by atoms with Crippen molar-refractivity contribution in [2.45, 2.75) is 52.4 Å². The molecule has 0 spiro atoms. The van der Waals surface area contributed by atoms with Crippen molar-refractivity contribution in [1.82, 2.24) is 5.32 Å². The minimum atomic E-state index is -1.16. The van der Waals surface area contributed by atoms with E-state index in [1.165, 1.54) is 13.2 Å². The quantitative estimate of drug-likeness (QED) is 0.266. The molecule has 2 atom stereocenters. The molecule has 0 aliphatic carbocycles. The molecule has 43 heavy (non-hydrogen) atoms. The summed E-state index contributed by atoms with van der Waals surface area (Å²) in [5.41, 5.74) is 7.60. The molecule has 3 N–H and O–H groups in total. The Morgan fingerprint density at radius 3 is 2.58 bits per heavy atom. The Morgan fingerprint density at radius 1 is 1.12 bits per heavy atom. The standard InChI is InChI=1S/C33H39ClFN3O5/c1-33(2,3)20-38-26-14-13-22(34)17-24(26)30(23-10-7-12-27(31(23)41-4)42-16-8-15-36)43-28(32(38)40)18-29(39)37-19-21-9-5-6-11-25(21)35/h5-7,9-14,17,28,30H,8,15-16,18-20,36H2,1-4H3,(H,37,39). The largest absolute Gasteiger partial charge is 0.492 e. The molecule has 0 aromatic heterocycles. The number of amides is 2. The summed E-state index contributed by atoms with van der Waals surface area (Å²) in [6.45, 7) is 7.30. The molecule has 0 fully saturated rings. The first-order chi connectivity index (χ1) is 20.5. The fourth-order valence-electron chi connectivity index (χ4n) is 5.00. The number of para-hydroxylation sites is 1. The average molecular weight is 612 g/mol. The lowest BCUT2D eigenvalue weighted by Gasteiger charge is -2.31. The summed E-state index contributed by atoms with van der Waals surface area (Å²) in [7, 11) is 1.54. The van der Waals surface area contributed by atoms with Gasteiger partial charge in [0, 0.05) is 40.5 Å². The Morgan fingerprint density at radius 2 is 1.88 bits per heavy atom. The van der Waals surface area contributed by atoms with Gasteiger partial charge in [-0.1, -0.05) is 62.7 Å². The van der Waals surface area contributed by atoms with Gasteiger partial charge in [-0.3, -0.25) is 9.59 Å². The van der Waals surface area contributed by atoms with Crippen LogP contribution in [0, 0.1) is 11.2 Å². The van der Waals surface area contributed by atoms with E-state index < -0.39 is 23.9 Å². The molecule has 230 valence electrons. The second-order valence-corrected chi connectivity index (χ2v) is 12.1. The van der Waals surface area contributed by atoms with Crippen LogP contribution in [0.4, 0.5) is 10.1 Å². The summed E-state index contributed by atoms with van der Waals surface area (Å²) < 4.78 is 32.5. The number of carbonyl (C=O) groups is 2. The number of hydrogen-bond donors (Lipinski definition) is 2. The van der Waals surface area contributed by atoms with E-state index in [4.69, 9.17) is 31.5 Å². The van der Waals surface area contributed by atoms with Crippen molar-refractivity contribution in [2.75, 3.05) is 31.7 Å². The van der Waals surface area contributed by atoms with Crippen LogP contribution in [-0.2, 0) is 20.9 Å². The van der Waals surface area contributed by atoms with Crippen molar-refractivity contribution in [1.29, 1.82) is 0 Å². The van der Waals surface area contributed by atoms with E-state index >= 15 is 0 Å². The van der Waals surface area contributed by atoms with Crippen molar-refractivity contribution in [3.63, 3.8) is 0 Å². The van der Waals surface area contributed by atoms with Gasteiger partial charge in [0.25, 0.3) is 5.91 Å². The highest BCUT2D eigenvalue weighted by Gasteiger charge is 2.40. The van der Waals surface area contributed by atoms with Gasteiger partial charge >= 0.3 is 0 Å². The molecule has 0 radical (unpaired) electrons. The second kappa shape index (κ2) is 14.2. The molecule has 2 amide bonds. The molecule has 0 bridgehead atoms. The van der Waals surface area contributed by atoms with Crippen LogP contribution >= 0.6 is 11.6 Å². The number of nitrogens with two attached hydrogens (primary N) is 1. The highest BCUT2D eigenvalue weighted by molar-refractivity contribution is 6.30. The average Bonchev–Trinajstić information content (AvgIpc) is 3.06. The van der Waals surface area contributed by atoms with Crippen LogP contribution in [-0.4, -0.2) is 44.7 Å². The number of nitrogens with zero attached hydrogens (tertiary/aromatic N) is 1. The van der Waals surface area contributed by atoms with Crippen LogP contribution in [0.2, 0.25) is 5.02 Å². The Balaban J connectivity index is 1.76. The number of nitrogens with one attached hydrogen (secondary N) is 1. The predicted molar refractivity (Wildman–Crippen MR) is 165 cm³/mol. The monoisotopic (exact) mass is 611 g/mol. The van der Waals surface area contributed by atoms with Crippen molar-refractivity contribution in [3.05, 3.63) is 88.2 Å². The van der Waals surface area contributed by atoms with Gasteiger partial charge in [-0.15, -0.1) is 0 Å². The Labute approximate surface area is 257 Å². The number of carbonyl (C=O) groups excluding carboxylic acids is 2. The summed E-state index contributed by atoms with van der Waals surface area (Å²) >= 11 is 6.50. The van der Waals surface area contributed by atoms with Crippen LogP contribution < -0.4 is 25.4 Å². The van der Waals surface area contributed by atoms with Crippen LogP contribution in [0.5, 0.6) is 11.5 Å². The fourth-order valence-corrected chi connectivity index (χ4v) is 5.18. The highest BCUT2D eigenvalue weighted by Crippen LogP contribution is 2.45. The Kier molecular flexibility index (Phi) is 10.7. The number of ether oxygens (including phenoxy) is 3. The summed E-state index contributed by atoms with van der Waals surface area (Å²) in [4.78, 5) is 29.0. The highest BCUT2D eigenvalue weighted by atomic mass is 35.5. The summed E-state index contributed by atoms with van der Waals surface area (Å²) in [5.74, 6) is -0.298. The van der Waals surface area contributed by atoms with Crippen LogP contribution in [0.3, 0.4) is 0 Å². The lowest BCUT2D eigenvalue weighted by molar-refractivity contribution is -0.138. The lowest BCUT2D eigenvalue weighted by Crippen LogP contribution is -2.45. The maximum Gasteiger partial charge on any atom is 0.256 e. The molecule has 1 aliphatic rings. The van der Waals surface area contributed by atoms with E-state index in [0.717, 1.165) is 0 Å². The molecule has 1 aliphatic heterocycles. The molecule has 2 unspecified atom stereocenters. The van der Waals surface area contributed by atoms with Crippen LogP contribution in [0.15, 0.2) is 60.7 Å². The minimum Gasteiger partial charge on any atom is -0.492 e. The number of benzene rings is 3. The topological polar surface area (TPSA) is 103 Å². The van der Waals surface area contributed by atoms with E-state index in [2.05, 4.69) is 5.32 Å². The molecule has 8 nitrogen and oxygen atoms in total. The molecule has 0 saturated carbocycles. The SMILES string of the molecule is COc1c(OCCCN)cccc1C1OC(CC(=O)NCc2ccccc2F)C(=O)N(CC(C)(C)C)c2ccc(Cl)cc21. The first-order valence-electron chi connectivity index (χ1n) is 14.3. The Hall–Kier alpha value is -3.66. The predicted octanol–water partition coefficient (Wildman–Crippen LogP) is 5.79. The first kappa shape index (κ1) is 32.3. The molecule has 3 aromatic rings. The minimum absolute atomic E-state index is 0.0204. The zero-order valence-corrected chi connectivity index (χ0v) is 25.7. The van der Waals surface area contributed by atoms with Gasteiger partial charge < -0.3 is 30.2 Å². The van der Waals surface area contributed by atoms with E-state index in [9.17, 15) is 14.0 Å². The second-order valence-electron chi connectivity index (χ2n) is 11.6. The lowest BCUT2D eigenvalue weighted by atomic mass is 9.94. The Bertz CT molecular complexity index is 1440. The molecule has 1 heterocycles. The maximum atomic E-state index is 14.2. The van der Waals surface area contributed by atoms with Crippen molar-refractivity contribution in [2.24, 2.45) is 11.1 Å². The fraction of sp³-hybridized carbons (Fsp3) is 0.394. The molecule has 10 heteroatoms. The van der Waals surface area contributed by atoms with Gasteiger partial charge in [0.2, 0.25) is 5.91 Å². The van der Waals surface area contributed by atoms with Crippen LogP contribution in [0.25, 0.3) is 0 Å². The van der Waals surface area contributed by atoms with Crippen molar-refractivity contribution in [3.8, 4) is 11.5 Å². The molecule has 0 saturated heterocycles. The molecule has 4 rings (SSSR count). The van der Waals surface area contributed by atoms with Gasteiger partial charge in [-0.05, 0) is 48.7 Å². The van der Waals surface area contributed by atoms with Gasteiger partial charge in [0.15, 0.2) is 11.5 Å². The smallest absolute Gasteiger partial charge is 0.256 e. The van der Waals surface area contributed by atoms with E-state index in [0.29, 0.717) is 65.0 Å². The first-order valence-corrected chi connectivity index (χ1v) is 14.7. The van der Waals surface area contributed by atoms with Gasteiger partial charge in [-0.2, -0.15) is 0 Å². The van der Waals surface area contributed by atoms with Gasteiger partial charge in [-0.25, -0.2) is 4.39 Å². The third-order valence-corrected chi connectivity index (χ3v) is 7.18. The van der Waals surface area contributed by atoms with Crippen LogP contribution in [0.1, 0.15) is 56.4 Å². The number of rotatable bonds is 11. The van der Waals surface area contributed by atoms with Gasteiger partial charge in [0.05, 0.1) is 20.1 Å². The third-order valence-electron chi connectivity index (χ3n) is 6.94. The third kappa shape index (κ3) is 8.04. The molecular formula is C33H39ClFN3O5. The van der Waals surface area contributed by atoms with Crippen molar-refractivity contribution < 1.29 is 28.2 Å². The number of hydrogen-bond acceptors (Lipinski definition) is 6. The number of methoxy groups -OCH3 is 1.